The van der Waals surface area contributed by atoms with E-state index in [9.17, 15) is 4.79 Å². The minimum Gasteiger partial charge on any atom is -0.478 e. The number of carboxylic acids is 1. The molecule has 0 aliphatic heterocycles. The van der Waals surface area contributed by atoms with Crippen molar-refractivity contribution < 1.29 is 9.90 Å². The lowest BCUT2D eigenvalue weighted by Gasteiger charge is -2.20. The van der Waals surface area contributed by atoms with Gasteiger partial charge in [0.25, 0.3) is 0 Å². The van der Waals surface area contributed by atoms with E-state index in [0.717, 1.165) is 12.2 Å². The Morgan fingerprint density at radius 3 is 2.65 bits per heavy atom. The van der Waals surface area contributed by atoms with Crippen molar-refractivity contribution in [3.63, 3.8) is 0 Å². The Labute approximate surface area is 101 Å². The molecule has 0 saturated carbocycles. The Bertz CT molecular complexity index is 405. The first-order chi connectivity index (χ1) is 7.91. The molecule has 1 aromatic carbocycles. The molecular formula is C12H19N3O2. The number of anilines is 2. The minimum atomic E-state index is -1.00. The molecule has 1 unspecified atom stereocenters. The Hall–Kier alpha value is -1.75. The van der Waals surface area contributed by atoms with Crippen LogP contribution in [0.15, 0.2) is 18.2 Å². The fourth-order valence-corrected chi connectivity index (χ4v) is 1.32. The lowest BCUT2D eigenvalue weighted by molar-refractivity contribution is 0.0698. The smallest absolute Gasteiger partial charge is 0.337 e. The molecule has 0 spiro atoms. The molecule has 0 amide bonds. The second kappa shape index (κ2) is 5.54. The van der Waals surface area contributed by atoms with Gasteiger partial charge >= 0.3 is 5.97 Å². The number of nitrogens with one attached hydrogen (secondary N) is 1. The first-order valence-corrected chi connectivity index (χ1v) is 5.45. The number of likely N-dealkylation sites (N-methyl/N-ethyl adjacent to an activating group) is 1. The van der Waals surface area contributed by atoms with Gasteiger partial charge in [-0.1, -0.05) is 0 Å². The largest absolute Gasteiger partial charge is 0.478 e. The maximum Gasteiger partial charge on any atom is 0.337 e. The van der Waals surface area contributed by atoms with Gasteiger partial charge in [0.1, 0.15) is 0 Å². The first kappa shape index (κ1) is 13.3. The van der Waals surface area contributed by atoms with E-state index in [1.165, 1.54) is 6.07 Å². The molecule has 0 aromatic heterocycles. The summed E-state index contributed by atoms with van der Waals surface area (Å²) < 4.78 is 0. The van der Waals surface area contributed by atoms with Gasteiger partial charge in [-0.25, -0.2) is 4.79 Å². The Balaban J connectivity index is 2.68. The van der Waals surface area contributed by atoms with Gasteiger partial charge in [-0.3, -0.25) is 0 Å². The van der Waals surface area contributed by atoms with Gasteiger partial charge < -0.3 is 21.1 Å². The average molecular weight is 237 g/mol. The molecule has 5 heteroatoms. The van der Waals surface area contributed by atoms with Crippen LogP contribution in [0.25, 0.3) is 0 Å². The Morgan fingerprint density at radius 1 is 1.53 bits per heavy atom. The van der Waals surface area contributed by atoms with Crippen LogP contribution in [0.5, 0.6) is 0 Å². The van der Waals surface area contributed by atoms with Crippen LogP contribution in [-0.2, 0) is 0 Å². The monoisotopic (exact) mass is 237 g/mol. The summed E-state index contributed by atoms with van der Waals surface area (Å²) in [6.45, 7) is 2.88. The summed E-state index contributed by atoms with van der Waals surface area (Å²) >= 11 is 0. The number of nitrogens with two attached hydrogens (primary N) is 1. The molecule has 0 radical (unpaired) electrons. The second-order valence-electron chi connectivity index (χ2n) is 4.30. The average Bonchev–Trinajstić information content (AvgIpc) is 2.25. The predicted octanol–water partition coefficient (Wildman–Crippen LogP) is 1.33. The van der Waals surface area contributed by atoms with Crippen LogP contribution >= 0.6 is 0 Å². The number of hydrogen-bond acceptors (Lipinski definition) is 4. The molecule has 0 aliphatic rings. The molecule has 0 fully saturated rings. The molecule has 17 heavy (non-hydrogen) atoms. The molecule has 0 bridgehead atoms. The van der Waals surface area contributed by atoms with Gasteiger partial charge in [-0.15, -0.1) is 0 Å². The number of nitrogen functional groups attached to an aromatic ring is 1. The van der Waals surface area contributed by atoms with E-state index >= 15 is 0 Å². The van der Waals surface area contributed by atoms with Gasteiger partial charge in [-0.2, -0.15) is 0 Å². The summed E-state index contributed by atoms with van der Waals surface area (Å²) in [4.78, 5) is 12.9. The van der Waals surface area contributed by atoms with E-state index in [-0.39, 0.29) is 11.3 Å². The van der Waals surface area contributed by atoms with Crippen LogP contribution in [0.2, 0.25) is 0 Å². The number of rotatable bonds is 5. The van der Waals surface area contributed by atoms with Gasteiger partial charge in [-0.05, 0) is 39.2 Å². The molecule has 1 rings (SSSR count). The van der Waals surface area contributed by atoms with E-state index in [1.54, 1.807) is 12.1 Å². The van der Waals surface area contributed by atoms with Crippen LogP contribution in [0.1, 0.15) is 17.3 Å². The zero-order valence-corrected chi connectivity index (χ0v) is 10.4. The summed E-state index contributed by atoms with van der Waals surface area (Å²) in [5, 5.41) is 12.1. The molecule has 1 aromatic rings. The summed E-state index contributed by atoms with van der Waals surface area (Å²) in [5.74, 6) is -1.00. The highest BCUT2D eigenvalue weighted by molar-refractivity contribution is 5.94. The van der Waals surface area contributed by atoms with Crippen molar-refractivity contribution in [3.8, 4) is 0 Å². The summed E-state index contributed by atoms with van der Waals surface area (Å²) in [5.41, 5.74) is 6.90. The van der Waals surface area contributed by atoms with Crippen molar-refractivity contribution in [2.24, 2.45) is 0 Å². The first-order valence-electron chi connectivity index (χ1n) is 5.45. The Kier molecular flexibility index (Phi) is 4.34. The van der Waals surface area contributed by atoms with E-state index in [4.69, 9.17) is 10.8 Å². The van der Waals surface area contributed by atoms with Crippen LogP contribution < -0.4 is 11.1 Å². The maximum atomic E-state index is 10.8. The summed E-state index contributed by atoms with van der Waals surface area (Å²) in [6.07, 6.45) is 0. The van der Waals surface area contributed by atoms with Crippen molar-refractivity contribution in [1.29, 1.82) is 0 Å². The molecule has 5 nitrogen and oxygen atoms in total. The number of carbonyl (C=O) groups is 1. The lowest BCUT2D eigenvalue weighted by Crippen LogP contribution is -2.31. The van der Waals surface area contributed by atoms with Gasteiger partial charge in [0, 0.05) is 24.0 Å². The highest BCUT2D eigenvalue weighted by atomic mass is 16.4. The zero-order chi connectivity index (χ0) is 13.0. The summed E-state index contributed by atoms with van der Waals surface area (Å²) in [6, 6.07) is 5.27. The molecule has 0 aliphatic carbocycles. The van der Waals surface area contributed by atoms with E-state index < -0.39 is 5.97 Å². The molecule has 4 N–H and O–H groups in total. The third-order valence-electron chi connectivity index (χ3n) is 2.77. The van der Waals surface area contributed by atoms with Crippen molar-refractivity contribution in [3.05, 3.63) is 23.8 Å². The predicted molar refractivity (Wildman–Crippen MR) is 69.5 cm³/mol. The topological polar surface area (TPSA) is 78.6 Å². The quantitative estimate of drug-likeness (QED) is 0.673. The summed E-state index contributed by atoms with van der Waals surface area (Å²) in [7, 11) is 4.02. The van der Waals surface area contributed by atoms with E-state index in [2.05, 4.69) is 17.1 Å². The SMILES string of the molecule is CC(CNc1ccc(C(=O)O)c(N)c1)N(C)C. The normalized spacial score (nSPS) is 12.5. The number of aromatic carboxylic acids is 1. The fourth-order valence-electron chi connectivity index (χ4n) is 1.32. The lowest BCUT2D eigenvalue weighted by atomic mass is 10.1. The van der Waals surface area contributed by atoms with Crippen molar-refractivity contribution in [2.45, 2.75) is 13.0 Å². The maximum absolute atomic E-state index is 10.8. The Morgan fingerprint density at radius 2 is 2.18 bits per heavy atom. The number of nitrogens with zero attached hydrogens (tertiary/aromatic N) is 1. The molecule has 94 valence electrons. The standard InChI is InChI=1S/C12H19N3O2/c1-8(15(2)3)7-14-9-4-5-10(12(16)17)11(13)6-9/h4-6,8,14H,7,13H2,1-3H3,(H,16,17). The van der Waals surface area contributed by atoms with Crippen LogP contribution in [0.4, 0.5) is 11.4 Å². The zero-order valence-electron chi connectivity index (χ0n) is 10.4. The second-order valence-corrected chi connectivity index (χ2v) is 4.30. The third kappa shape index (κ3) is 3.64. The number of hydrogen-bond donors (Lipinski definition) is 3. The molecular weight excluding hydrogens is 218 g/mol. The van der Waals surface area contributed by atoms with Crippen LogP contribution in [0.3, 0.4) is 0 Å². The van der Waals surface area contributed by atoms with Gasteiger partial charge in [0.2, 0.25) is 0 Å². The van der Waals surface area contributed by atoms with Gasteiger partial charge in [0.15, 0.2) is 0 Å². The van der Waals surface area contributed by atoms with Crippen molar-refractivity contribution in [2.75, 3.05) is 31.7 Å². The molecule has 0 heterocycles. The van der Waals surface area contributed by atoms with Crippen molar-refractivity contribution >= 4 is 17.3 Å². The third-order valence-corrected chi connectivity index (χ3v) is 2.77. The fraction of sp³-hybridized carbons (Fsp3) is 0.417. The molecule has 1 atom stereocenters. The molecule has 0 saturated heterocycles. The van der Waals surface area contributed by atoms with Gasteiger partial charge in [0.05, 0.1) is 5.56 Å². The van der Waals surface area contributed by atoms with E-state index in [1.807, 2.05) is 14.1 Å². The highest BCUT2D eigenvalue weighted by Gasteiger charge is 2.08. The van der Waals surface area contributed by atoms with E-state index in [0.29, 0.717) is 6.04 Å². The number of benzene rings is 1. The number of carboxylic acid groups (broad SMARTS) is 1. The van der Waals surface area contributed by atoms with Crippen LogP contribution in [-0.4, -0.2) is 42.7 Å². The minimum absolute atomic E-state index is 0.135. The van der Waals surface area contributed by atoms with Crippen molar-refractivity contribution in [1.82, 2.24) is 4.90 Å². The van der Waals surface area contributed by atoms with Crippen LogP contribution in [0, 0.1) is 0 Å². The highest BCUT2D eigenvalue weighted by Crippen LogP contribution is 2.18.